The van der Waals surface area contributed by atoms with Crippen molar-refractivity contribution < 1.29 is 18.0 Å². The number of nitrogens with zero attached hydrogens (tertiary/aromatic N) is 2. The molecule has 25 heavy (non-hydrogen) atoms. The Morgan fingerprint density at radius 2 is 1.48 bits per heavy atom. The van der Waals surface area contributed by atoms with Gasteiger partial charge in [0.1, 0.15) is 0 Å². The van der Waals surface area contributed by atoms with Crippen LogP contribution in [0.3, 0.4) is 0 Å². The van der Waals surface area contributed by atoms with Crippen LogP contribution in [0.4, 0.5) is 0 Å². The van der Waals surface area contributed by atoms with Crippen LogP contribution in [0.25, 0.3) is 0 Å². The lowest BCUT2D eigenvalue weighted by Gasteiger charge is -2.16. The fraction of sp³-hybridized carbons (Fsp3) is 0.529. The van der Waals surface area contributed by atoms with Crippen molar-refractivity contribution in [2.45, 2.75) is 37.1 Å². The first-order valence-corrected chi connectivity index (χ1v) is 10.1. The van der Waals surface area contributed by atoms with Gasteiger partial charge in [-0.05, 0) is 43.4 Å². The summed E-state index contributed by atoms with van der Waals surface area (Å²) in [6.45, 7) is 2.60. The van der Waals surface area contributed by atoms with E-state index in [1.165, 1.54) is 4.31 Å². The summed E-state index contributed by atoms with van der Waals surface area (Å²) in [5.74, 6) is -1.11. The number of rotatable bonds is 4. The minimum Gasteiger partial charge on any atom is -0.344 e. The Hall–Kier alpha value is -1.93. The maximum absolute atomic E-state index is 12.5. The van der Waals surface area contributed by atoms with Crippen LogP contribution >= 0.6 is 0 Å². The molecule has 0 spiro atoms. The van der Waals surface area contributed by atoms with Crippen LogP contribution in [0.1, 0.15) is 31.2 Å². The maximum Gasteiger partial charge on any atom is 0.311 e. The SMILES string of the molecule is O=C(NCc1ccc(S(=O)(=O)N2CCCC2)cc1)C(=O)N1CCCC1. The predicted octanol–water partition coefficient (Wildman–Crippen LogP) is 0.710. The molecule has 2 amide bonds. The number of sulfonamides is 1. The molecule has 0 unspecified atom stereocenters. The molecule has 2 fully saturated rings. The second kappa shape index (κ2) is 7.53. The molecule has 2 saturated heterocycles. The van der Waals surface area contributed by atoms with Crippen LogP contribution in [0.2, 0.25) is 0 Å². The zero-order valence-electron chi connectivity index (χ0n) is 14.1. The van der Waals surface area contributed by atoms with Gasteiger partial charge in [0, 0.05) is 32.7 Å². The van der Waals surface area contributed by atoms with E-state index in [2.05, 4.69) is 5.32 Å². The molecule has 2 aliphatic heterocycles. The van der Waals surface area contributed by atoms with Gasteiger partial charge >= 0.3 is 11.8 Å². The van der Waals surface area contributed by atoms with Crippen molar-refractivity contribution in [1.82, 2.24) is 14.5 Å². The van der Waals surface area contributed by atoms with Crippen molar-refractivity contribution in [2.24, 2.45) is 0 Å². The molecule has 2 heterocycles. The lowest BCUT2D eigenvalue weighted by molar-refractivity contribution is -0.145. The number of nitrogens with one attached hydrogen (secondary N) is 1. The van der Waals surface area contributed by atoms with Crippen LogP contribution in [-0.4, -0.2) is 55.6 Å². The van der Waals surface area contributed by atoms with Crippen molar-refractivity contribution >= 4 is 21.8 Å². The van der Waals surface area contributed by atoms with Gasteiger partial charge in [-0.15, -0.1) is 0 Å². The van der Waals surface area contributed by atoms with Crippen LogP contribution in [0.15, 0.2) is 29.2 Å². The van der Waals surface area contributed by atoms with E-state index in [9.17, 15) is 18.0 Å². The monoisotopic (exact) mass is 365 g/mol. The first-order chi connectivity index (χ1) is 12.0. The molecule has 1 N–H and O–H groups in total. The van der Waals surface area contributed by atoms with Crippen molar-refractivity contribution in [3.63, 3.8) is 0 Å². The van der Waals surface area contributed by atoms with E-state index in [0.29, 0.717) is 26.2 Å². The van der Waals surface area contributed by atoms with Crippen molar-refractivity contribution in [3.8, 4) is 0 Å². The Kier molecular flexibility index (Phi) is 5.39. The van der Waals surface area contributed by atoms with E-state index in [-0.39, 0.29) is 11.4 Å². The van der Waals surface area contributed by atoms with Gasteiger partial charge in [-0.1, -0.05) is 12.1 Å². The predicted molar refractivity (Wildman–Crippen MR) is 92.1 cm³/mol. The fourth-order valence-electron chi connectivity index (χ4n) is 3.18. The summed E-state index contributed by atoms with van der Waals surface area (Å²) in [7, 11) is -3.43. The fourth-order valence-corrected chi connectivity index (χ4v) is 4.70. The average molecular weight is 365 g/mol. The highest BCUT2D eigenvalue weighted by molar-refractivity contribution is 7.89. The molecule has 1 aromatic carbocycles. The molecule has 0 saturated carbocycles. The first-order valence-electron chi connectivity index (χ1n) is 8.65. The summed E-state index contributed by atoms with van der Waals surface area (Å²) in [4.78, 5) is 25.6. The lowest BCUT2D eigenvalue weighted by Crippen LogP contribution is -2.41. The van der Waals surface area contributed by atoms with E-state index in [1.807, 2.05) is 0 Å². The highest BCUT2D eigenvalue weighted by atomic mass is 32.2. The van der Waals surface area contributed by atoms with Gasteiger partial charge in [-0.3, -0.25) is 9.59 Å². The third-order valence-electron chi connectivity index (χ3n) is 4.67. The number of carbonyl (C=O) groups excluding carboxylic acids is 2. The minimum absolute atomic E-state index is 0.197. The minimum atomic E-state index is -3.43. The van der Waals surface area contributed by atoms with E-state index < -0.39 is 21.8 Å². The Labute approximate surface area is 148 Å². The molecule has 136 valence electrons. The molecular weight excluding hydrogens is 342 g/mol. The Balaban J connectivity index is 1.57. The number of amides is 2. The zero-order valence-corrected chi connectivity index (χ0v) is 14.9. The number of hydrogen-bond donors (Lipinski definition) is 1. The topological polar surface area (TPSA) is 86.8 Å². The quantitative estimate of drug-likeness (QED) is 0.796. The van der Waals surface area contributed by atoms with Gasteiger partial charge in [0.05, 0.1) is 4.90 Å². The normalized spacial score (nSPS) is 18.5. The molecule has 0 radical (unpaired) electrons. The van der Waals surface area contributed by atoms with Crippen LogP contribution in [0, 0.1) is 0 Å². The second-order valence-corrected chi connectivity index (χ2v) is 8.38. The van der Waals surface area contributed by atoms with Crippen molar-refractivity contribution in [1.29, 1.82) is 0 Å². The van der Waals surface area contributed by atoms with Crippen LogP contribution < -0.4 is 5.32 Å². The van der Waals surface area contributed by atoms with Crippen LogP contribution in [-0.2, 0) is 26.2 Å². The van der Waals surface area contributed by atoms with Crippen molar-refractivity contribution in [3.05, 3.63) is 29.8 Å². The first kappa shape index (κ1) is 17.9. The summed E-state index contributed by atoms with van der Waals surface area (Å²) >= 11 is 0. The molecule has 7 nitrogen and oxygen atoms in total. The second-order valence-electron chi connectivity index (χ2n) is 6.44. The molecule has 8 heteroatoms. The van der Waals surface area contributed by atoms with E-state index in [1.54, 1.807) is 29.2 Å². The molecule has 0 aliphatic carbocycles. The standard InChI is InChI=1S/C17H23N3O4S/c21-16(17(22)19-9-1-2-10-19)18-13-14-5-7-15(8-6-14)25(23,24)20-11-3-4-12-20/h5-8H,1-4,9-13H2,(H,18,21). The van der Waals surface area contributed by atoms with Gasteiger partial charge in [-0.25, -0.2) is 8.42 Å². The maximum atomic E-state index is 12.5. The molecule has 0 bridgehead atoms. The third-order valence-corrected chi connectivity index (χ3v) is 6.58. The lowest BCUT2D eigenvalue weighted by atomic mass is 10.2. The van der Waals surface area contributed by atoms with Gasteiger partial charge < -0.3 is 10.2 Å². The molecular formula is C17H23N3O4S. The number of benzene rings is 1. The highest BCUT2D eigenvalue weighted by Crippen LogP contribution is 2.21. The summed E-state index contributed by atoms with van der Waals surface area (Å²) in [6.07, 6.45) is 3.67. The zero-order chi connectivity index (χ0) is 17.9. The van der Waals surface area contributed by atoms with Gasteiger partial charge in [-0.2, -0.15) is 4.31 Å². The van der Waals surface area contributed by atoms with E-state index in [4.69, 9.17) is 0 Å². The largest absolute Gasteiger partial charge is 0.344 e. The summed E-state index contributed by atoms with van der Waals surface area (Å²) in [5.41, 5.74) is 0.753. The van der Waals surface area contributed by atoms with Gasteiger partial charge in [0.25, 0.3) is 0 Å². The molecule has 1 aromatic rings. The summed E-state index contributed by atoms with van der Waals surface area (Å²) in [5, 5.41) is 2.60. The summed E-state index contributed by atoms with van der Waals surface area (Å²) in [6, 6.07) is 6.45. The summed E-state index contributed by atoms with van der Waals surface area (Å²) < 4.78 is 26.4. The molecule has 0 atom stereocenters. The molecule has 0 aromatic heterocycles. The Morgan fingerprint density at radius 3 is 2.08 bits per heavy atom. The van der Waals surface area contributed by atoms with E-state index in [0.717, 1.165) is 31.2 Å². The van der Waals surface area contributed by atoms with Crippen molar-refractivity contribution in [2.75, 3.05) is 26.2 Å². The Bertz CT molecular complexity index is 734. The van der Waals surface area contributed by atoms with Crippen LogP contribution in [0.5, 0.6) is 0 Å². The Morgan fingerprint density at radius 1 is 0.920 bits per heavy atom. The number of carbonyl (C=O) groups is 2. The average Bonchev–Trinajstić information content (AvgIpc) is 3.33. The third kappa shape index (κ3) is 4.01. The number of likely N-dealkylation sites (tertiary alicyclic amines) is 1. The molecule has 2 aliphatic rings. The highest BCUT2D eigenvalue weighted by Gasteiger charge is 2.27. The molecule has 3 rings (SSSR count). The smallest absolute Gasteiger partial charge is 0.311 e. The number of hydrogen-bond acceptors (Lipinski definition) is 4. The van der Waals surface area contributed by atoms with E-state index >= 15 is 0 Å². The van der Waals surface area contributed by atoms with Gasteiger partial charge in [0.15, 0.2) is 0 Å². The van der Waals surface area contributed by atoms with Gasteiger partial charge in [0.2, 0.25) is 10.0 Å².